The monoisotopic (exact) mass is 326 g/mol. The Morgan fingerprint density at radius 2 is 1.82 bits per heavy atom. The molecule has 1 rings (SSSR count). The largest absolute Gasteiger partial charge is 0.354 e. The van der Waals surface area contributed by atoms with E-state index in [4.69, 9.17) is 0 Å². The van der Waals surface area contributed by atoms with Gasteiger partial charge in [-0.3, -0.25) is 4.79 Å². The van der Waals surface area contributed by atoms with Gasteiger partial charge in [0, 0.05) is 13.6 Å². The Bertz CT molecular complexity index is 646. The number of rotatable bonds is 5. The lowest BCUT2D eigenvalue weighted by Crippen LogP contribution is -2.41. The Morgan fingerprint density at radius 3 is 2.36 bits per heavy atom. The van der Waals surface area contributed by atoms with E-state index in [0.717, 1.165) is 9.87 Å². The zero-order valence-corrected chi connectivity index (χ0v) is 15.0. The van der Waals surface area contributed by atoms with E-state index in [0.29, 0.717) is 12.1 Å². The molecule has 0 spiro atoms. The maximum atomic E-state index is 12.6. The van der Waals surface area contributed by atoms with E-state index in [1.165, 1.54) is 7.05 Å². The van der Waals surface area contributed by atoms with Crippen molar-refractivity contribution in [3.8, 4) is 0 Å². The Hall–Kier alpha value is -1.40. The van der Waals surface area contributed by atoms with Crippen LogP contribution in [0, 0.1) is 19.3 Å². The molecular weight excluding hydrogens is 300 g/mol. The minimum atomic E-state index is -3.67. The van der Waals surface area contributed by atoms with Crippen molar-refractivity contribution in [3.63, 3.8) is 0 Å². The molecule has 1 amide bonds. The molecule has 22 heavy (non-hydrogen) atoms. The van der Waals surface area contributed by atoms with Crippen LogP contribution in [0.25, 0.3) is 0 Å². The molecule has 6 heteroatoms. The summed E-state index contributed by atoms with van der Waals surface area (Å²) in [5.41, 5.74) is 1.50. The van der Waals surface area contributed by atoms with Crippen LogP contribution in [-0.2, 0) is 14.8 Å². The van der Waals surface area contributed by atoms with E-state index in [-0.39, 0.29) is 22.8 Å². The van der Waals surface area contributed by atoms with Gasteiger partial charge in [-0.15, -0.1) is 0 Å². The summed E-state index contributed by atoms with van der Waals surface area (Å²) >= 11 is 0. The average molecular weight is 326 g/mol. The van der Waals surface area contributed by atoms with Gasteiger partial charge in [0.2, 0.25) is 15.9 Å². The van der Waals surface area contributed by atoms with E-state index < -0.39 is 10.0 Å². The molecule has 0 aromatic heterocycles. The molecule has 0 heterocycles. The predicted octanol–water partition coefficient (Wildman–Crippen LogP) is 2.09. The molecule has 0 saturated heterocycles. The average Bonchev–Trinajstić information content (AvgIpc) is 2.38. The first-order valence-electron chi connectivity index (χ1n) is 7.24. The van der Waals surface area contributed by atoms with Crippen molar-refractivity contribution >= 4 is 15.9 Å². The van der Waals surface area contributed by atoms with Gasteiger partial charge in [-0.05, 0) is 36.5 Å². The van der Waals surface area contributed by atoms with Gasteiger partial charge in [-0.1, -0.05) is 32.9 Å². The summed E-state index contributed by atoms with van der Waals surface area (Å²) in [6.45, 7) is 9.92. The Morgan fingerprint density at radius 1 is 1.23 bits per heavy atom. The number of nitrogens with zero attached hydrogens (tertiary/aromatic N) is 1. The third-order valence-electron chi connectivity index (χ3n) is 3.21. The standard InChI is InChI=1S/C16H26N2O3S/c1-12-7-8-13(2)14(9-12)22(20,21)18(6)10-15(19)17-11-16(3,4)5/h7-9H,10-11H2,1-6H3,(H,17,19). The predicted molar refractivity (Wildman–Crippen MR) is 88.2 cm³/mol. The number of likely N-dealkylation sites (N-methyl/N-ethyl adjacent to an activating group) is 1. The number of aryl methyl sites for hydroxylation is 2. The first-order valence-corrected chi connectivity index (χ1v) is 8.68. The number of amides is 1. The topological polar surface area (TPSA) is 66.5 Å². The molecule has 0 radical (unpaired) electrons. The van der Waals surface area contributed by atoms with Crippen LogP contribution in [0.4, 0.5) is 0 Å². The second kappa shape index (κ2) is 6.79. The molecule has 5 nitrogen and oxygen atoms in total. The second-order valence-electron chi connectivity index (χ2n) is 6.87. The van der Waals surface area contributed by atoms with Crippen molar-refractivity contribution in [3.05, 3.63) is 29.3 Å². The van der Waals surface area contributed by atoms with Crippen LogP contribution in [0.2, 0.25) is 0 Å². The highest BCUT2D eigenvalue weighted by Gasteiger charge is 2.25. The molecular formula is C16H26N2O3S. The number of carbonyl (C=O) groups excluding carboxylic acids is 1. The van der Waals surface area contributed by atoms with Crippen molar-refractivity contribution in [1.29, 1.82) is 0 Å². The fourth-order valence-electron chi connectivity index (χ4n) is 1.86. The van der Waals surface area contributed by atoms with Gasteiger partial charge in [-0.25, -0.2) is 8.42 Å². The van der Waals surface area contributed by atoms with Gasteiger partial charge in [-0.2, -0.15) is 4.31 Å². The lowest BCUT2D eigenvalue weighted by atomic mass is 9.97. The summed E-state index contributed by atoms with van der Waals surface area (Å²) in [6, 6.07) is 5.27. The Balaban J connectivity index is 2.85. The highest BCUT2D eigenvalue weighted by molar-refractivity contribution is 7.89. The maximum Gasteiger partial charge on any atom is 0.243 e. The van der Waals surface area contributed by atoms with Crippen molar-refractivity contribution < 1.29 is 13.2 Å². The lowest BCUT2D eigenvalue weighted by molar-refractivity contribution is -0.121. The van der Waals surface area contributed by atoms with E-state index in [1.807, 2.05) is 33.8 Å². The highest BCUT2D eigenvalue weighted by atomic mass is 32.2. The van der Waals surface area contributed by atoms with E-state index in [1.54, 1.807) is 19.1 Å². The number of sulfonamides is 1. The van der Waals surface area contributed by atoms with E-state index in [9.17, 15) is 13.2 Å². The minimum Gasteiger partial charge on any atom is -0.354 e. The van der Waals surface area contributed by atoms with Crippen LogP contribution < -0.4 is 5.32 Å². The first kappa shape index (κ1) is 18.6. The zero-order valence-electron chi connectivity index (χ0n) is 14.2. The summed E-state index contributed by atoms with van der Waals surface area (Å²) in [5.74, 6) is -0.300. The molecule has 0 aliphatic carbocycles. The number of hydrogen-bond donors (Lipinski definition) is 1. The highest BCUT2D eigenvalue weighted by Crippen LogP contribution is 2.20. The van der Waals surface area contributed by atoms with E-state index >= 15 is 0 Å². The molecule has 0 fully saturated rings. The fourth-order valence-corrected chi connectivity index (χ4v) is 3.29. The molecule has 1 N–H and O–H groups in total. The molecule has 0 atom stereocenters. The Kier molecular flexibility index (Phi) is 5.76. The van der Waals surface area contributed by atoms with Crippen molar-refractivity contribution in [2.75, 3.05) is 20.1 Å². The van der Waals surface area contributed by atoms with Crippen molar-refractivity contribution in [2.24, 2.45) is 5.41 Å². The van der Waals surface area contributed by atoms with Gasteiger partial charge < -0.3 is 5.32 Å². The van der Waals surface area contributed by atoms with Gasteiger partial charge >= 0.3 is 0 Å². The summed E-state index contributed by atoms with van der Waals surface area (Å²) in [6.07, 6.45) is 0. The molecule has 1 aromatic rings. The van der Waals surface area contributed by atoms with E-state index in [2.05, 4.69) is 5.32 Å². The number of hydrogen-bond acceptors (Lipinski definition) is 3. The second-order valence-corrected chi connectivity index (χ2v) is 8.88. The minimum absolute atomic E-state index is 0.0414. The number of benzene rings is 1. The summed E-state index contributed by atoms with van der Waals surface area (Å²) in [5, 5.41) is 2.76. The first-order chi connectivity index (χ1) is 9.93. The van der Waals surface area contributed by atoms with Crippen LogP contribution in [0.5, 0.6) is 0 Å². The van der Waals surface area contributed by atoms with Gasteiger partial charge in [0.1, 0.15) is 0 Å². The third-order valence-corrected chi connectivity index (χ3v) is 5.16. The number of carbonyl (C=O) groups is 1. The molecule has 0 unspecified atom stereocenters. The third kappa shape index (κ3) is 5.10. The normalized spacial score (nSPS) is 12.5. The molecule has 0 aliphatic rings. The molecule has 124 valence electrons. The Labute approximate surface area is 133 Å². The summed E-state index contributed by atoms with van der Waals surface area (Å²) in [4.78, 5) is 12.2. The zero-order chi connectivity index (χ0) is 17.1. The smallest absolute Gasteiger partial charge is 0.243 e. The maximum absolute atomic E-state index is 12.6. The van der Waals surface area contributed by atoms with Crippen LogP contribution in [-0.4, -0.2) is 38.8 Å². The molecule has 1 aromatic carbocycles. The molecule has 0 aliphatic heterocycles. The summed E-state index contributed by atoms with van der Waals surface area (Å²) < 4.78 is 26.3. The van der Waals surface area contributed by atoms with Crippen molar-refractivity contribution in [1.82, 2.24) is 9.62 Å². The van der Waals surface area contributed by atoms with Crippen LogP contribution in [0.15, 0.2) is 23.1 Å². The SMILES string of the molecule is Cc1ccc(C)c(S(=O)(=O)N(C)CC(=O)NCC(C)(C)C)c1. The summed E-state index contributed by atoms with van der Waals surface area (Å²) in [7, 11) is -2.24. The van der Waals surface area contributed by atoms with Crippen LogP contribution in [0.3, 0.4) is 0 Å². The molecule has 0 saturated carbocycles. The van der Waals surface area contributed by atoms with Crippen molar-refractivity contribution in [2.45, 2.75) is 39.5 Å². The molecule has 0 bridgehead atoms. The number of nitrogens with one attached hydrogen (secondary N) is 1. The lowest BCUT2D eigenvalue weighted by Gasteiger charge is -2.21. The van der Waals surface area contributed by atoms with Gasteiger partial charge in [0.15, 0.2) is 0 Å². The van der Waals surface area contributed by atoms with Gasteiger partial charge in [0.25, 0.3) is 0 Å². The van der Waals surface area contributed by atoms with Gasteiger partial charge in [0.05, 0.1) is 11.4 Å². The fraction of sp³-hybridized carbons (Fsp3) is 0.562. The van der Waals surface area contributed by atoms with Crippen LogP contribution >= 0.6 is 0 Å². The van der Waals surface area contributed by atoms with Crippen LogP contribution in [0.1, 0.15) is 31.9 Å². The quantitative estimate of drug-likeness (QED) is 0.901.